The first-order valence-corrected chi connectivity index (χ1v) is 11.0. The quantitative estimate of drug-likeness (QED) is 0.470. The van der Waals surface area contributed by atoms with Gasteiger partial charge in [0.25, 0.3) is 0 Å². The molecular formula is C20H20ClFN2O5S. The van der Waals surface area contributed by atoms with Crippen LogP contribution in [0.25, 0.3) is 0 Å². The van der Waals surface area contributed by atoms with Gasteiger partial charge in [-0.05, 0) is 24.1 Å². The van der Waals surface area contributed by atoms with E-state index in [4.69, 9.17) is 32.2 Å². The van der Waals surface area contributed by atoms with Gasteiger partial charge in [0.05, 0.1) is 20.0 Å². The molecule has 0 amide bonds. The molecule has 0 atom stereocenters. The summed E-state index contributed by atoms with van der Waals surface area (Å²) in [6, 6.07) is 5.51. The molecule has 0 saturated carbocycles. The Bertz CT molecular complexity index is 1100. The number of sulfone groups is 1. The minimum Gasteiger partial charge on any atom is -0.493 e. The van der Waals surface area contributed by atoms with Crippen molar-refractivity contribution in [3.8, 4) is 29.7 Å². The monoisotopic (exact) mass is 454 g/mol. The van der Waals surface area contributed by atoms with Crippen molar-refractivity contribution in [2.75, 3.05) is 44.6 Å². The van der Waals surface area contributed by atoms with Gasteiger partial charge in [-0.15, -0.1) is 6.42 Å². The maximum absolute atomic E-state index is 14.2. The third kappa shape index (κ3) is 4.25. The molecule has 7 nitrogen and oxygen atoms in total. The van der Waals surface area contributed by atoms with Crippen LogP contribution in [0.3, 0.4) is 0 Å². The van der Waals surface area contributed by atoms with Crippen molar-refractivity contribution in [2.24, 2.45) is 0 Å². The van der Waals surface area contributed by atoms with Gasteiger partial charge in [-0.2, -0.15) is 9.37 Å². The lowest BCUT2D eigenvalue weighted by atomic mass is 10.1. The van der Waals surface area contributed by atoms with Crippen molar-refractivity contribution < 1.29 is 27.0 Å². The highest BCUT2D eigenvalue weighted by molar-refractivity contribution is 7.91. The number of methoxy groups -OCH3 is 2. The number of fused-ring (bicyclic) bond motifs is 1. The number of nitrogens with zero attached hydrogens (tertiary/aromatic N) is 2. The van der Waals surface area contributed by atoms with E-state index in [1.54, 1.807) is 25.2 Å². The second-order valence-electron chi connectivity index (χ2n) is 6.44. The van der Waals surface area contributed by atoms with Crippen LogP contribution in [0.1, 0.15) is 5.56 Å². The molecule has 30 heavy (non-hydrogen) atoms. The Morgan fingerprint density at radius 2 is 2.03 bits per heavy atom. The Hall–Kier alpha value is -2.70. The van der Waals surface area contributed by atoms with Gasteiger partial charge < -0.3 is 19.1 Å². The maximum Gasteiger partial charge on any atom is 0.242 e. The molecule has 0 saturated heterocycles. The van der Waals surface area contributed by atoms with Gasteiger partial charge in [-0.1, -0.05) is 23.6 Å². The number of aromatic nitrogens is 1. The molecule has 1 aromatic heterocycles. The van der Waals surface area contributed by atoms with Gasteiger partial charge in [0, 0.05) is 13.1 Å². The molecule has 0 radical (unpaired) electrons. The lowest BCUT2D eigenvalue weighted by molar-refractivity contribution is 0.346. The van der Waals surface area contributed by atoms with Crippen molar-refractivity contribution in [1.29, 1.82) is 0 Å². The molecule has 0 N–H and O–H groups in total. The molecule has 0 bridgehead atoms. The van der Waals surface area contributed by atoms with E-state index in [0.717, 1.165) is 5.56 Å². The first kappa shape index (κ1) is 22.0. The zero-order valence-corrected chi connectivity index (χ0v) is 18.0. The second-order valence-corrected chi connectivity index (χ2v) is 8.86. The number of terminal acetylenes is 1. The van der Waals surface area contributed by atoms with Crippen LogP contribution in [0.2, 0.25) is 5.02 Å². The van der Waals surface area contributed by atoms with E-state index in [-0.39, 0.29) is 35.4 Å². The highest BCUT2D eigenvalue weighted by Crippen LogP contribution is 2.42. The van der Waals surface area contributed by atoms with Gasteiger partial charge in [-0.3, -0.25) is 0 Å². The molecule has 0 fully saturated rings. The average Bonchev–Trinajstić information content (AvgIpc) is 2.73. The van der Waals surface area contributed by atoms with Crippen molar-refractivity contribution in [3.05, 3.63) is 34.7 Å². The Morgan fingerprint density at radius 1 is 1.30 bits per heavy atom. The molecule has 0 spiro atoms. The largest absolute Gasteiger partial charge is 0.493 e. The van der Waals surface area contributed by atoms with Crippen LogP contribution in [-0.4, -0.2) is 53.1 Å². The molecular weight excluding hydrogens is 435 g/mol. The molecule has 10 heteroatoms. The van der Waals surface area contributed by atoms with Crippen molar-refractivity contribution in [1.82, 2.24) is 4.98 Å². The smallest absolute Gasteiger partial charge is 0.242 e. The van der Waals surface area contributed by atoms with Crippen molar-refractivity contribution in [2.45, 2.75) is 11.3 Å². The second kappa shape index (κ2) is 8.98. The summed E-state index contributed by atoms with van der Waals surface area (Å²) in [5.41, 5.74) is 1.07. The van der Waals surface area contributed by atoms with E-state index in [1.807, 2.05) is 12.1 Å². The molecule has 1 aromatic carbocycles. The molecule has 1 aliphatic heterocycles. The number of pyridine rings is 1. The minimum atomic E-state index is -3.80. The summed E-state index contributed by atoms with van der Waals surface area (Å²) >= 11 is 5.99. The van der Waals surface area contributed by atoms with Gasteiger partial charge in [-0.25, -0.2) is 8.42 Å². The van der Waals surface area contributed by atoms with E-state index in [0.29, 0.717) is 24.5 Å². The molecule has 1 aliphatic rings. The Kier molecular flexibility index (Phi) is 6.58. The summed E-state index contributed by atoms with van der Waals surface area (Å²) < 4.78 is 55.3. The highest BCUT2D eigenvalue weighted by Gasteiger charge is 2.36. The number of ether oxygens (including phenoxy) is 3. The fourth-order valence-corrected chi connectivity index (χ4v) is 5.24. The van der Waals surface area contributed by atoms with E-state index in [9.17, 15) is 12.8 Å². The third-order valence-corrected chi connectivity index (χ3v) is 6.86. The summed E-state index contributed by atoms with van der Waals surface area (Å²) in [6.45, 7) is 0.400. The number of benzene rings is 1. The predicted molar refractivity (Wildman–Crippen MR) is 111 cm³/mol. The predicted octanol–water partition coefficient (Wildman–Crippen LogP) is 2.74. The van der Waals surface area contributed by atoms with Gasteiger partial charge >= 0.3 is 0 Å². The fraction of sp³-hybridized carbons (Fsp3) is 0.350. The van der Waals surface area contributed by atoms with E-state index < -0.39 is 20.8 Å². The van der Waals surface area contributed by atoms with Crippen LogP contribution in [0.15, 0.2) is 23.1 Å². The summed E-state index contributed by atoms with van der Waals surface area (Å²) in [4.78, 5) is 5.13. The maximum atomic E-state index is 14.2. The number of hydrogen-bond donors (Lipinski definition) is 0. The zero-order chi connectivity index (χ0) is 21.9. The highest BCUT2D eigenvalue weighted by atomic mass is 35.5. The Labute approximate surface area is 179 Å². The topological polar surface area (TPSA) is 78.0 Å². The van der Waals surface area contributed by atoms with Gasteiger partial charge in [0.15, 0.2) is 27.9 Å². The number of halogens is 2. The van der Waals surface area contributed by atoms with E-state index in [1.165, 1.54) is 0 Å². The van der Waals surface area contributed by atoms with E-state index >= 15 is 0 Å². The summed E-state index contributed by atoms with van der Waals surface area (Å²) in [7, 11) is -0.702. The van der Waals surface area contributed by atoms with Crippen LogP contribution in [0, 0.1) is 18.3 Å². The summed E-state index contributed by atoms with van der Waals surface area (Å²) in [6.07, 6.45) is 5.76. The molecule has 0 unspecified atom stereocenters. The van der Waals surface area contributed by atoms with Crippen molar-refractivity contribution in [3.63, 3.8) is 0 Å². The van der Waals surface area contributed by atoms with E-state index in [2.05, 4.69) is 10.9 Å². The minimum absolute atomic E-state index is 0.128. The van der Waals surface area contributed by atoms with Gasteiger partial charge in [0.2, 0.25) is 11.8 Å². The van der Waals surface area contributed by atoms with Crippen LogP contribution in [-0.2, 0) is 16.3 Å². The SMILES string of the molecule is C#CCOc1nc(F)c(Cl)c2c1N(CCc1ccc(OC)c(OC)c1)CCS2(=O)=O. The van der Waals surface area contributed by atoms with Gasteiger partial charge in [0.1, 0.15) is 15.6 Å². The Balaban J connectivity index is 1.97. The zero-order valence-electron chi connectivity index (χ0n) is 16.4. The first-order chi connectivity index (χ1) is 14.3. The molecule has 2 aromatic rings. The lowest BCUT2D eigenvalue weighted by Crippen LogP contribution is -2.37. The first-order valence-electron chi connectivity index (χ1n) is 8.96. The van der Waals surface area contributed by atoms with Crippen LogP contribution in [0.5, 0.6) is 17.4 Å². The van der Waals surface area contributed by atoms with Crippen LogP contribution >= 0.6 is 11.6 Å². The molecule has 160 valence electrons. The number of anilines is 1. The summed E-state index contributed by atoms with van der Waals surface area (Å²) in [5, 5.41) is -0.547. The lowest BCUT2D eigenvalue weighted by Gasteiger charge is -2.32. The molecule has 0 aliphatic carbocycles. The van der Waals surface area contributed by atoms with Crippen molar-refractivity contribution >= 4 is 27.1 Å². The summed E-state index contributed by atoms with van der Waals surface area (Å²) in [5.74, 6) is 1.93. The normalized spacial score (nSPS) is 14.6. The molecule has 2 heterocycles. The van der Waals surface area contributed by atoms with Crippen LogP contribution < -0.4 is 19.1 Å². The Morgan fingerprint density at radius 3 is 2.70 bits per heavy atom. The van der Waals surface area contributed by atoms with Crippen LogP contribution in [0.4, 0.5) is 10.1 Å². The standard InChI is InChI=1S/C20H20ClFN2O5S/c1-4-10-29-20-17-18(16(21)19(22)23-20)30(25,26)11-9-24(17)8-7-13-5-6-14(27-2)15(12-13)28-3/h1,5-6,12H,7-11H2,2-3H3. The molecule has 3 rings (SSSR count). The number of hydrogen-bond acceptors (Lipinski definition) is 7. The number of rotatable bonds is 7. The fourth-order valence-electron chi connectivity index (χ4n) is 3.23. The average molecular weight is 455 g/mol. The third-order valence-electron chi connectivity index (χ3n) is 4.67.